The maximum absolute atomic E-state index is 6.25. The molecular formula is C16H25ClN2. The molecule has 1 unspecified atom stereocenters. The highest BCUT2D eigenvalue weighted by molar-refractivity contribution is 6.31. The van der Waals surface area contributed by atoms with Crippen LogP contribution >= 0.6 is 11.6 Å². The zero-order chi connectivity index (χ0) is 13.7. The van der Waals surface area contributed by atoms with Crippen LogP contribution in [0.1, 0.15) is 37.3 Å². The maximum Gasteiger partial charge on any atom is 0.0453 e. The van der Waals surface area contributed by atoms with E-state index in [0.717, 1.165) is 18.1 Å². The van der Waals surface area contributed by atoms with Crippen LogP contribution in [0.2, 0.25) is 5.02 Å². The Morgan fingerprint density at radius 1 is 1.26 bits per heavy atom. The van der Waals surface area contributed by atoms with Crippen LogP contribution in [0.15, 0.2) is 18.2 Å². The minimum Gasteiger partial charge on any atom is -0.309 e. The lowest BCUT2D eigenvalue weighted by molar-refractivity contribution is 0.209. The summed E-state index contributed by atoms with van der Waals surface area (Å²) < 4.78 is 0. The number of hydrogen-bond donors (Lipinski definition) is 1. The van der Waals surface area contributed by atoms with Gasteiger partial charge in [-0.05, 0) is 57.0 Å². The van der Waals surface area contributed by atoms with Gasteiger partial charge in [-0.25, -0.2) is 0 Å². The second kappa shape index (κ2) is 7.28. The van der Waals surface area contributed by atoms with Crippen molar-refractivity contribution in [2.75, 3.05) is 19.6 Å². The molecule has 2 rings (SSSR count). The highest BCUT2D eigenvalue weighted by Gasteiger charge is 2.13. The molecule has 0 aliphatic carbocycles. The number of benzene rings is 1. The first kappa shape index (κ1) is 14.8. The van der Waals surface area contributed by atoms with Crippen LogP contribution in [0.4, 0.5) is 0 Å². The molecule has 1 fully saturated rings. The molecule has 1 N–H and O–H groups in total. The van der Waals surface area contributed by atoms with Gasteiger partial charge >= 0.3 is 0 Å². The molecule has 2 nitrogen and oxygen atoms in total. The topological polar surface area (TPSA) is 15.3 Å². The van der Waals surface area contributed by atoms with Gasteiger partial charge in [0, 0.05) is 24.2 Å². The lowest BCUT2D eigenvalue weighted by Gasteiger charge is -2.29. The van der Waals surface area contributed by atoms with E-state index in [2.05, 4.69) is 36.2 Å². The number of nitrogens with one attached hydrogen (secondary N) is 1. The fourth-order valence-corrected chi connectivity index (χ4v) is 2.98. The second-order valence-corrected chi connectivity index (χ2v) is 6.15. The fraction of sp³-hybridized carbons (Fsp3) is 0.625. The monoisotopic (exact) mass is 280 g/mol. The third-order valence-corrected chi connectivity index (χ3v) is 4.18. The Bertz CT molecular complexity index is 400. The average Bonchev–Trinajstić information content (AvgIpc) is 2.39. The summed E-state index contributed by atoms with van der Waals surface area (Å²) in [5, 5.41) is 4.45. The van der Waals surface area contributed by atoms with E-state index in [-0.39, 0.29) is 0 Å². The third kappa shape index (κ3) is 4.79. The molecule has 0 amide bonds. The van der Waals surface area contributed by atoms with Crippen LogP contribution in [0.3, 0.4) is 0 Å². The predicted molar refractivity (Wildman–Crippen MR) is 82.8 cm³/mol. The van der Waals surface area contributed by atoms with Crippen molar-refractivity contribution in [2.24, 2.45) is 0 Å². The second-order valence-electron chi connectivity index (χ2n) is 5.74. The van der Waals surface area contributed by atoms with Crippen molar-refractivity contribution in [3.05, 3.63) is 34.3 Å². The molecule has 19 heavy (non-hydrogen) atoms. The van der Waals surface area contributed by atoms with Crippen LogP contribution in [0, 0.1) is 6.92 Å². The molecule has 1 heterocycles. The molecule has 1 atom stereocenters. The van der Waals surface area contributed by atoms with Gasteiger partial charge in [0.05, 0.1) is 0 Å². The smallest absolute Gasteiger partial charge is 0.0453 e. The summed E-state index contributed by atoms with van der Waals surface area (Å²) in [7, 11) is 0. The third-order valence-electron chi connectivity index (χ3n) is 3.83. The maximum atomic E-state index is 6.25. The molecule has 1 aromatic rings. The van der Waals surface area contributed by atoms with E-state index in [9.17, 15) is 0 Å². The van der Waals surface area contributed by atoms with Gasteiger partial charge in [-0.2, -0.15) is 0 Å². The van der Waals surface area contributed by atoms with Gasteiger partial charge in [0.25, 0.3) is 0 Å². The Labute approximate surface area is 122 Å². The van der Waals surface area contributed by atoms with Crippen molar-refractivity contribution in [1.29, 1.82) is 0 Å². The van der Waals surface area contributed by atoms with Crippen molar-refractivity contribution in [2.45, 2.75) is 45.7 Å². The highest BCUT2D eigenvalue weighted by atomic mass is 35.5. The summed E-state index contributed by atoms with van der Waals surface area (Å²) in [6, 6.07) is 6.79. The number of hydrogen-bond acceptors (Lipinski definition) is 2. The largest absolute Gasteiger partial charge is 0.309 e. The molecule has 1 saturated heterocycles. The van der Waals surface area contributed by atoms with E-state index < -0.39 is 0 Å². The van der Waals surface area contributed by atoms with Crippen molar-refractivity contribution >= 4 is 11.6 Å². The first-order valence-electron chi connectivity index (χ1n) is 7.36. The molecule has 3 heteroatoms. The van der Waals surface area contributed by atoms with Crippen LogP contribution in [-0.2, 0) is 6.54 Å². The normalized spacial score (nSPS) is 18.5. The summed E-state index contributed by atoms with van der Waals surface area (Å²) in [5.41, 5.74) is 2.41. The SMILES string of the molecule is Cc1ccc(CNC(C)CN2CCCCC2)c(Cl)c1. The van der Waals surface area contributed by atoms with E-state index in [1.54, 1.807) is 0 Å². The zero-order valence-corrected chi connectivity index (χ0v) is 12.8. The molecule has 1 aromatic carbocycles. The standard InChI is InChI=1S/C16H25ClN2/c1-13-6-7-15(16(17)10-13)11-18-14(2)12-19-8-4-3-5-9-19/h6-7,10,14,18H,3-5,8-9,11-12H2,1-2H3. The van der Waals surface area contributed by atoms with Crippen LogP contribution in [0.5, 0.6) is 0 Å². The first-order chi connectivity index (χ1) is 9.15. The summed E-state index contributed by atoms with van der Waals surface area (Å²) in [5.74, 6) is 0. The Balaban J connectivity index is 1.77. The lowest BCUT2D eigenvalue weighted by Crippen LogP contribution is -2.41. The molecule has 0 bridgehead atoms. The van der Waals surface area contributed by atoms with Gasteiger partial charge < -0.3 is 10.2 Å². The van der Waals surface area contributed by atoms with E-state index in [4.69, 9.17) is 11.6 Å². The predicted octanol–water partition coefficient (Wildman–Crippen LogP) is 3.61. The van der Waals surface area contributed by atoms with Gasteiger partial charge in [-0.15, -0.1) is 0 Å². The van der Waals surface area contributed by atoms with Gasteiger partial charge in [-0.1, -0.05) is 30.2 Å². The Kier molecular flexibility index (Phi) is 5.68. The molecule has 0 saturated carbocycles. The van der Waals surface area contributed by atoms with Gasteiger partial charge in [0.1, 0.15) is 0 Å². The molecular weight excluding hydrogens is 256 g/mol. The van der Waals surface area contributed by atoms with Crippen molar-refractivity contribution < 1.29 is 0 Å². The van der Waals surface area contributed by atoms with Gasteiger partial charge in [-0.3, -0.25) is 0 Å². The fourth-order valence-electron chi connectivity index (χ4n) is 2.67. The molecule has 1 aliphatic heterocycles. The van der Waals surface area contributed by atoms with Gasteiger partial charge in [0.15, 0.2) is 0 Å². The van der Waals surface area contributed by atoms with Crippen LogP contribution < -0.4 is 5.32 Å². The Hall–Kier alpha value is -0.570. The van der Waals surface area contributed by atoms with Gasteiger partial charge in [0.2, 0.25) is 0 Å². The van der Waals surface area contributed by atoms with Crippen LogP contribution in [-0.4, -0.2) is 30.6 Å². The minimum absolute atomic E-state index is 0.510. The summed E-state index contributed by atoms with van der Waals surface area (Å²) >= 11 is 6.25. The number of rotatable bonds is 5. The Morgan fingerprint density at radius 2 is 2.00 bits per heavy atom. The van der Waals surface area contributed by atoms with Crippen molar-refractivity contribution in [1.82, 2.24) is 10.2 Å². The zero-order valence-electron chi connectivity index (χ0n) is 12.1. The van der Waals surface area contributed by atoms with Crippen LogP contribution in [0.25, 0.3) is 0 Å². The molecule has 0 aromatic heterocycles. The molecule has 0 radical (unpaired) electrons. The van der Waals surface area contributed by atoms with E-state index in [1.165, 1.54) is 43.5 Å². The van der Waals surface area contributed by atoms with Crippen molar-refractivity contribution in [3.8, 4) is 0 Å². The summed E-state index contributed by atoms with van der Waals surface area (Å²) in [4.78, 5) is 2.57. The van der Waals surface area contributed by atoms with E-state index >= 15 is 0 Å². The van der Waals surface area contributed by atoms with Crippen molar-refractivity contribution in [3.63, 3.8) is 0 Å². The Morgan fingerprint density at radius 3 is 2.68 bits per heavy atom. The van der Waals surface area contributed by atoms with E-state index in [0.29, 0.717) is 6.04 Å². The number of aryl methyl sites for hydroxylation is 1. The number of likely N-dealkylation sites (tertiary alicyclic amines) is 1. The molecule has 1 aliphatic rings. The average molecular weight is 281 g/mol. The van der Waals surface area contributed by atoms with E-state index in [1.807, 2.05) is 6.07 Å². The number of piperidine rings is 1. The number of halogens is 1. The molecule has 106 valence electrons. The first-order valence-corrected chi connectivity index (χ1v) is 7.74. The number of nitrogens with zero attached hydrogens (tertiary/aromatic N) is 1. The summed E-state index contributed by atoms with van der Waals surface area (Å²) in [6.45, 7) is 8.85. The summed E-state index contributed by atoms with van der Waals surface area (Å²) in [6.07, 6.45) is 4.12. The quantitative estimate of drug-likeness (QED) is 0.886. The highest BCUT2D eigenvalue weighted by Crippen LogP contribution is 2.17. The minimum atomic E-state index is 0.510. The lowest BCUT2D eigenvalue weighted by atomic mass is 10.1. The molecule has 0 spiro atoms.